The van der Waals surface area contributed by atoms with Crippen molar-refractivity contribution in [2.45, 2.75) is 32.4 Å². The van der Waals surface area contributed by atoms with E-state index in [1.165, 1.54) is 12.1 Å². The van der Waals surface area contributed by atoms with Gasteiger partial charge in [0, 0.05) is 6.54 Å². The zero-order chi connectivity index (χ0) is 13.1. The van der Waals surface area contributed by atoms with Crippen LogP contribution >= 0.6 is 11.6 Å². The Morgan fingerprint density at radius 2 is 2.22 bits per heavy atom. The Hall–Kier alpha value is -1.13. The Balaban J connectivity index is 2.30. The molecule has 5 heteroatoms. The highest BCUT2D eigenvalue weighted by Gasteiger charge is 2.10. The number of alkyl halides is 1. The Labute approximate surface area is 111 Å². The second-order valence-electron chi connectivity index (χ2n) is 4.37. The summed E-state index contributed by atoms with van der Waals surface area (Å²) in [7, 11) is 0. The standard InChI is InChI=1S/C13H16ClFN2O/c1-9(2)18-6-5-17-12-7-10(15)3-4-11(12)16-13(17)8-14/h3-4,7,9H,5-6,8H2,1-2H3. The van der Waals surface area contributed by atoms with Crippen LogP contribution in [-0.4, -0.2) is 22.3 Å². The lowest BCUT2D eigenvalue weighted by atomic mass is 10.3. The summed E-state index contributed by atoms with van der Waals surface area (Å²) in [6, 6.07) is 4.55. The van der Waals surface area contributed by atoms with Crippen LogP contribution in [0.25, 0.3) is 11.0 Å². The average Bonchev–Trinajstić information content (AvgIpc) is 2.66. The molecule has 0 fully saturated rings. The molecule has 2 rings (SSSR count). The summed E-state index contributed by atoms with van der Waals surface area (Å²) in [4.78, 5) is 4.38. The number of nitrogens with zero attached hydrogens (tertiary/aromatic N) is 2. The van der Waals surface area contributed by atoms with Gasteiger partial charge in [0.15, 0.2) is 0 Å². The maximum absolute atomic E-state index is 13.3. The number of imidazole rings is 1. The summed E-state index contributed by atoms with van der Waals surface area (Å²) in [6.07, 6.45) is 0.177. The summed E-state index contributed by atoms with van der Waals surface area (Å²) < 4.78 is 20.7. The summed E-state index contributed by atoms with van der Waals surface area (Å²) in [6.45, 7) is 5.14. The molecule has 0 unspecified atom stereocenters. The number of aromatic nitrogens is 2. The van der Waals surface area contributed by atoms with Crippen molar-refractivity contribution in [3.8, 4) is 0 Å². The van der Waals surface area contributed by atoms with Gasteiger partial charge >= 0.3 is 0 Å². The van der Waals surface area contributed by atoms with Crippen molar-refractivity contribution in [2.24, 2.45) is 0 Å². The molecule has 0 radical (unpaired) electrons. The van der Waals surface area contributed by atoms with Crippen LogP contribution in [0.2, 0.25) is 0 Å². The molecule has 0 saturated heterocycles. The van der Waals surface area contributed by atoms with Crippen molar-refractivity contribution in [3.63, 3.8) is 0 Å². The first kappa shape index (κ1) is 13.3. The Kier molecular flexibility index (Phi) is 4.19. The lowest BCUT2D eigenvalue weighted by molar-refractivity contribution is 0.0729. The smallest absolute Gasteiger partial charge is 0.125 e. The molecule has 0 aliphatic carbocycles. The highest BCUT2D eigenvalue weighted by atomic mass is 35.5. The van der Waals surface area contributed by atoms with E-state index in [-0.39, 0.29) is 11.9 Å². The molecular formula is C13H16ClFN2O. The lowest BCUT2D eigenvalue weighted by Crippen LogP contribution is -2.12. The van der Waals surface area contributed by atoms with E-state index in [2.05, 4.69) is 4.98 Å². The Morgan fingerprint density at radius 3 is 2.89 bits per heavy atom. The molecule has 3 nitrogen and oxygen atoms in total. The van der Waals surface area contributed by atoms with E-state index < -0.39 is 0 Å². The number of ether oxygens (including phenoxy) is 1. The maximum Gasteiger partial charge on any atom is 0.125 e. The lowest BCUT2D eigenvalue weighted by Gasteiger charge is -2.10. The van der Waals surface area contributed by atoms with Crippen LogP contribution in [-0.2, 0) is 17.2 Å². The first-order valence-corrected chi connectivity index (χ1v) is 6.47. The normalized spacial score (nSPS) is 11.6. The molecule has 0 spiro atoms. The third-order valence-corrected chi connectivity index (χ3v) is 2.91. The molecule has 0 atom stereocenters. The number of benzene rings is 1. The molecule has 18 heavy (non-hydrogen) atoms. The third-order valence-electron chi connectivity index (χ3n) is 2.67. The molecule has 0 bridgehead atoms. The van der Waals surface area contributed by atoms with Gasteiger partial charge in [0.05, 0.1) is 29.6 Å². The molecule has 1 aromatic heterocycles. The van der Waals surface area contributed by atoms with E-state index in [1.54, 1.807) is 6.07 Å². The molecule has 0 saturated carbocycles. The van der Waals surface area contributed by atoms with Crippen molar-refractivity contribution in [1.82, 2.24) is 9.55 Å². The minimum atomic E-state index is -0.269. The second-order valence-corrected chi connectivity index (χ2v) is 4.63. The van der Waals surface area contributed by atoms with Gasteiger partial charge in [-0.2, -0.15) is 0 Å². The number of hydrogen-bond donors (Lipinski definition) is 0. The fraction of sp³-hybridized carbons (Fsp3) is 0.462. The predicted octanol–water partition coefficient (Wildman–Crippen LogP) is 3.34. The molecule has 0 aliphatic rings. The van der Waals surface area contributed by atoms with Gasteiger partial charge in [-0.1, -0.05) is 0 Å². The van der Waals surface area contributed by atoms with Crippen molar-refractivity contribution in [3.05, 3.63) is 29.8 Å². The van der Waals surface area contributed by atoms with Gasteiger partial charge < -0.3 is 9.30 Å². The third kappa shape index (κ3) is 2.82. The van der Waals surface area contributed by atoms with Gasteiger partial charge in [-0.25, -0.2) is 9.37 Å². The minimum Gasteiger partial charge on any atom is -0.377 e. The highest BCUT2D eigenvalue weighted by molar-refractivity contribution is 6.16. The van der Waals surface area contributed by atoms with Crippen LogP contribution in [0.15, 0.2) is 18.2 Å². The number of hydrogen-bond acceptors (Lipinski definition) is 2. The molecule has 98 valence electrons. The van der Waals surface area contributed by atoms with Crippen LogP contribution in [0, 0.1) is 5.82 Å². The monoisotopic (exact) mass is 270 g/mol. The highest BCUT2D eigenvalue weighted by Crippen LogP contribution is 2.18. The number of rotatable bonds is 5. The topological polar surface area (TPSA) is 27.1 Å². The minimum absolute atomic E-state index is 0.177. The van der Waals surface area contributed by atoms with Crippen molar-refractivity contribution in [1.29, 1.82) is 0 Å². The first-order valence-electron chi connectivity index (χ1n) is 5.94. The summed E-state index contributed by atoms with van der Waals surface area (Å²) >= 11 is 5.87. The molecule has 2 aromatic rings. The number of fused-ring (bicyclic) bond motifs is 1. The number of halogens is 2. The SMILES string of the molecule is CC(C)OCCn1c(CCl)nc2ccc(F)cc21. The van der Waals surface area contributed by atoms with Crippen LogP contribution in [0.1, 0.15) is 19.7 Å². The van der Waals surface area contributed by atoms with Gasteiger partial charge in [-0.05, 0) is 32.0 Å². The summed E-state index contributed by atoms with van der Waals surface area (Å²) in [5.41, 5.74) is 1.52. The zero-order valence-electron chi connectivity index (χ0n) is 10.5. The van der Waals surface area contributed by atoms with Crippen LogP contribution in [0.3, 0.4) is 0 Å². The van der Waals surface area contributed by atoms with E-state index in [0.29, 0.717) is 19.0 Å². The van der Waals surface area contributed by atoms with Gasteiger partial charge in [0.1, 0.15) is 11.6 Å². The summed E-state index contributed by atoms with van der Waals surface area (Å²) in [5, 5.41) is 0. The van der Waals surface area contributed by atoms with Crippen LogP contribution < -0.4 is 0 Å². The molecule has 1 aromatic carbocycles. The van der Waals surface area contributed by atoms with Crippen molar-refractivity contribution < 1.29 is 9.13 Å². The Bertz CT molecular complexity index is 539. The van der Waals surface area contributed by atoms with Crippen molar-refractivity contribution >= 4 is 22.6 Å². The fourth-order valence-corrected chi connectivity index (χ4v) is 2.08. The molecular weight excluding hydrogens is 255 g/mol. The first-order chi connectivity index (χ1) is 8.61. The van der Waals surface area contributed by atoms with E-state index in [4.69, 9.17) is 16.3 Å². The van der Waals surface area contributed by atoms with E-state index in [1.807, 2.05) is 18.4 Å². The van der Waals surface area contributed by atoms with E-state index in [9.17, 15) is 4.39 Å². The largest absolute Gasteiger partial charge is 0.377 e. The van der Waals surface area contributed by atoms with E-state index in [0.717, 1.165) is 16.9 Å². The predicted molar refractivity (Wildman–Crippen MR) is 70.3 cm³/mol. The van der Waals surface area contributed by atoms with Crippen LogP contribution in [0.5, 0.6) is 0 Å². The second kappa shape index (κ2) is 5.67. The van der Waals surface area contributed by atoms with Gasteiger partial charge in [-0.15, -0.1) is 11.6 Å². The van der Waals surface area contributed by atoms with Crippen molar-refractivity contribution in [2.75, 3.05) is 6.61 Å². The molecule has 0 aliphatic heterocycles. The quantitative estimate of drug-likeness (QED) is 0.779. The molecule has 0 amide bonds. The van der Waals surface area contributed by atoms with Gasteiger partial charge in [0.25, 0.3) is 0 Å². The van der Waals surface area contributed by atoms with Gasteiger partial charge in [0.2, 0.25) is 0 Å². The van der Waals surface area contributed by atoms with E-state index >= 15 is 0 Å². The Morgan fingerprint density at radius 1 is 1.44 bits per heavy atom. The molecule has 0 N–H and O–H groups in total. The zero-order valence-corrected chi connectivity index (χ0v) is 11.2. The average molecular weight is 271 g/mol. The summed E-state index contributed by atoms with van der Waals surface area (Å²) in [5.74, 6) is 0.775. The fourth-order valence-electron chi connectivity index (χ4n) is 1.88. The molecule has 1 heterocycles. The van der Waals surface area contributed by atoms with Gasteiger partial charge in [-0.3, -0.25) is 0 Å². The van der Waals surface area contributed by atoms with Crippen LogP contribution in [0.4, 0.5) is 4.39 Å². The maximum atomic E-state index is 13.3.